The van der Waals surface area contributed by atoms with Crippen molar-refractivity contribution in [2.75, 3.05) is 13.7 Å². The molecule has 0 spiro atoms. The fraction of sp³-hybridized carbons (Fsp3) is 0.261. The third kappa shape index (κ3) is 3.78. The monoisotopic (exact) mass is 393 g/mol. The van der Waals surface area contributed by atoms with Gasteiger partial charge in [-0.3, -0.25) is 4.79 Å². The molecule has 0 unspecified atom stereocenters. The summed E-state index contributed by atoms with van der Waals surface area (Å²) in [6, 6.07) is 17.8. The number of rotatable bonds is 6. The molecule has 1 aliphatic carbocycles. The molecule has 29 heavy (non-hydrogen) atoms. The van der Waals surface area contributed by atoms with Crippen molar-refractivity contribution in [3.05, 3.63) is 83.4 Å². The highest BCUT2D eigenvalue weighted by molar-refractivity contribution is 6.07. The van der Waals surface area contributed by atoms with E-state index in [0.717, 1.165) is 5.56 Å². The van der Waals surface area contributed by atoms with Crippen molar-refractivity contribution in [3.63, 3.8) is 0 Å². The second-order valence-electron chi connectivity index (χ2n) is 6.66. The first-order chi connectivity index (χ1) is 14.0. The average molecular weight is 393 g/mol. The van der Waals surface area contributed by atoms with Crippen LogP contribution in [0.25, 0.3) is 0 Å². The highest BCUT2D eigenvalue weighted by atomic mass is 16.5. The molecular formula is C23H23NO5. The molecule has 1 amide bonds. The number of methoxy groups -OCH3 is 1. The normalized spacial score (nSPS) is 20.5. The van der Waals surface area contributed by atoms with E-state index in [-0.39, 0.29) is 12.2 Å². The van der Waals surface area contributed by atoms with Gasteiger partial charge in [-0.1, -0.05) is 54.6 Å². The van der Waals surface area contributed by atoms with Crippen molar-refractivity contribution in [2.24, 2.45) is 0 Å². The summed E-state index contributed by atoms with van der Waals surface area (Å²) in [6.45, 7) is 1.83. The summed E-state index contributed by atoms with van der Waals surface area (Å²) in [5, 5.41) is 2.81. The van der Waals surface area contributed by atoms with E-state index < -0.39 is 29.3 Å². The quantitative estimate of drug-likeness (QED) is 0.763. The minimum atomic E-state index is -1.69. The first-order valence-corrected chi connectivity index (χ1v) is 9.43. The number of ether oxygens (including phenoxy) is 2. The molecule has 0 aliphatic heterocycles. The van der Waals surface area contributed by atoms with Crippen LogP contribution in [0.3, 0.4) is 0 Å². The number of hydrogen-bond donors (Lipinski definition) is 1. The van der Waals surface area contributed by atoms with E-state index in [9.17, 15) is 14.4 Å². The number of nitrogens with one attached hydrogen (secondary N) is 1. The van der Waals surface area contributed by atoms with Gasteiger partial charge < -0.3 is 14.8 Å². The molecule has 0 saturated heterocycles. The number of carbonyl (C=O) groups is 3. The van der Waals surface area contributed by atoms with Crippen molar-refractivity contribution < 1.29 is 23.9 Å². The van der Waals surface area contributed by atoms with Gasteiger partial charge in [0.15, 0.2) is 5.54 Å². The number of amides is 1. The molecule has 2 aromatic rings. The Morgan fingerprint density at radius 2 is 1.66 bits per heavy atom. The van der Waals surface area contributed by atoms with E-state index in [2.05, 4.69) is 5.32 Å². The lowest BCUT2D eigenvalue weighted by Crippen LogP contribution is -2.59. The third-order valence-corrected chi connectivity index (χ3v) is 5.06. The number of esters is 2. The van der Waals surface area contributed by atoms with Crippen LogP contribution in [-0.4, -0.2) is 37.1 Å². The largest absolute Gasteiger partial charge is 0.467 e. The van der Waals surface area contributed by atoms with Gasteiger partial charge in [-0.25, -0.2) is 9.59 Å². The third-order valence-electron chi connectivity index (χ3n) is 5.06. The fourth-order valence-corrected chi connectivity index (χ4v) is 3.75. The zero-order valence-electron chi connectivity index (χ0n) is 16.4. The van der Waals surface area contributed by atoms with E-state index in [0.29, 0.717) is 12.0 Å². The minimum absolute atomic E-state index is 0.0873. The van der Waals surface area contributed by atoms with E-state index >= 15 is 0 Å². The lowest BCUT2D eigenvalue weighted by atomic mass is 9.77. The molecule has 150 valence electrons. The lowest BCUT2D eigenvalue weighted by molar-refractivity contribution is -0.151. The van der Waals surface area contributed by atoms with Crippen LogP contribution in [0.4, 0.5) is 0 Å². The van der Waals surface area contributed by atoms with Gasteiger partial charge in [-0.15, -0.1) is 0 Å². The number of allylic oxidation sites excluding steroid dienone is 1. The topological polar surface area (TPSA) is 81.7 Å². The summed E-state index contributed by atoms with van der Waals surface area (Å²) in [6.07, 6.45) is 2.03. The zero-order chi connectivity index (χ0) is 20.9. The van der Waals surface area contributed by atoms with Gasteiger partial charge in [0.05, 0.1) is 19.3 Å². The first kappa shape index (κ1) is 20.3. The van der Waals surface area contributed by atoms with Crippen molar-refractivity contribution in [3.8, 4) is 0 Å². The van der Waals surface area contributed by atoms with Gasteiger partial charge >= 0.3 is 11.9 Å². The predicted octanol–water partition coefficient (Wildman–Crippen LogP) is 3.01. The summed E-state index contributed by atoms with van der Waals surface area (Å²) in [4.78, 5) is 38.9. The Morgan fingerprint density at radius 1 is 1.03 bits per heavy atom. The molecule has 1 aliphatic rings. The maximum Gasteiger partial charge on any atom is 0.337 e. The Morgan fingerprint density at radius 3 is 2.24 bits per heavy atom. The summed E-state index contributed by atoms with van der Waals surface area (Å²) in [5.74, 6) is -2.35. The molecule has 2 aromatic carbocycles. The highest BCUT2D eigenvalue weighted by Crippen LogP contribution is 2.44. The fourth-order valence-electron chi connectivity index (χ4n) is 3.75. The van der Waals surface area contributed by atoms with Crippen molar-refractivity contribution in [1.29, 1.82) is 0 Å². The molecule has 3 rings (SSSR count). The highest BCUT2D eigenvalue weighted by Gasteiger charge is 2.57. The molecule has 0 heterocycles. The Hall–Kier alpha value is -3.41. The van der Waals surface area contributed by atoms with Crippen molar-refractivity contribution >= 4 is 17.8 Å². The summed E-state index contributed by atoms with van der Waals surface area (Å²) in [7, 11) is 1.24. The molecule has 0 fully saturated rings. The second-order valence-corrected chi connectivity index (χ2v) is 6.66. The van der Waals surface area contributed by atoms with Crippen LogP contribution in [0.15, 0.2) is 72.3 Å². The van der Waals surface area contributed by atoms with Crippen molar-refractivity contribution in [2.45, 2.75) is 24.8 Å². The first-order valence-electron chi connectivity index (χ1n) is 9.43. The van der Waals surface area contributed by atoms with E-state index in [1.165, 1.54) is 7.11 Å². The maximum atomic E-state index is 13.1. The maximum absolute atomic E-state index is 13.1. The molecule has 1 N–H and O–H groups in total. The molecule has 0 radical (unpaired) electrons. The zero-order valence-corrected chi connectivity index (χ0v) is 16.4. The van der Waals surface area contributed by atoms with Crippen LogP contribution < -0.4 is 5.32 Å². The number of carbonyl (C=O) groups excluding carboxylic acids is 3. The van der Waals surface area contributed by atoms with Crippen LogP contribution >= 0.6 is 0 Å². The van der Waals surface area contributed by atoms with Gasteiger partial charge in [0, 0.05) is 11.5 Å². The summed E-state index contributed by atoms with van der Waals surface area (Å²) >= 11 is 0. The van der Waals surface area contributed by atoms with Gasteiger partial charge in [0.1, 0.15) is 0 Å². The molecule has 0 aromatic heterocycles. The molecule has 6 heteroatoms. The van der Waals surface area contributed by atoms with Gasteiger partial charge in [-0.05, 0) is 31.0 Å². The van der Waals surface area contributed by atoms with E-state index in [1.54, 1.807) is 43.3 Å². The Labute approximate surface area is 169 Å². The second kappa shape index (κ2) is 8.73. The molecule has 6 nitrogen and oxygen atoms in total. The van der Waals surface area contributed by atoms with Gasteiger partial charge in [0.25, 0.3) is 5.91 Å². The van der Waals surface area contributed by atoms with Crippen LogP contribution in [0.5, 0.6) is 0 Å². The van der Waals surface area contributed by atoms with Crippen molar-refractivity contribution in [1.82, 2.24) is 5.32 Å². The van der Waals surface area contributed by atoms with Gasteiger partial charge in [-0.2, -0.15) is 0 Å². The van der Waals surface area contributed by atoms with Crippen LogP contribution in [0.2, 0.25) is 0 Å². The average Bonchev–Trinajstić information content (AvgIpc) is 3.14. The molecular weight excluding hydrogens is 370 g/mol. The van der Waals surface area contributed by atoms with E-state index in [4.69, 9.17) is 9.47 Å². The Bertz CT molecular complexity index is 923. The summed E-state index contributed by atoms with van der Waals surface area (Å²) in [5.41, 5.74) is -0.418. The lowest BCUT2D eigenvalue weighted by Gasteiger charge is -2.36. The Balaban J connectivity index is 2.12. The molecule has 2 atom stereocenters. The minimum Gasteiger partial charge on any atom is -0.467 e. The number of benzene rings is 2. The smallest absolute Gasteiger partial charge is 0.337 e. The van der Waals surface area contributed by atoms with Crippen LogP contribution in [0.1, 0.15) is 35.2 Å². The summed E-state index contributed by atoms with van der Waals surface area (Å²) < 4.78 is 10.3. The predicted molar refractivity (Wildman–Crippen MR) is 107 cm³/mol. The molecule has 0 saturated carbocycles. The van der Waals surface area contributed by atoms with E-state index in [1.807, 2.05) is 30.3 Å². The SMILES string of the molecule is CCOC(=O)C1=CC[C@H](c2ccccc2)[C@@]1(NC(=O)c1ccccc1)C(=O)OC. The Kier molecular flexibility index (Phi) is 6.12. The van der Waals surface area contributed by atoms with Crippen LogP contribution in [-0.2, 0) is 19.1 Å². The van der Waals surface area contributed by atoms with Crippen LogP contribution in [0, 0.1) is 0 Å². The standard InChI is InChI=1S/C23H23NO5/c1-3-29-21(26)19-15-14-18(16-10-6-4-7-11-16)23(19,22(27)28-2)24-20(25)17-12-8-5-9-13-17/h4-13,15,18H,3,14H2,1-2H3,(H,24,25)/t18-,23+/m1/s1. The molecule has 0 bridgehead atoms. The van der Waals surface area contributed by atoms with Gasteiger partial charge in [0.2, 0.25) is 0 Å². The number of hydrogen-bond acceptors (Lipinski definition) is 5.